The Morgan fingerprint density at radius 2 is 2.18 bits per heavy atom. The molecule has 1 atom stereocenters. The zero-order valence-corrected chi connectivity index (χ0v) is 10.5. The van der Waals surface area contributed by atoms with Gasteiger partial charge in [0.05, 0.1) is 12.6 Å². The minimum atomic E-state index is -0.788. The number of hydrogen-bond acceptors (Lipinski definition) is 3. The normalized spacial score (nSPS) is 29.1. The van der Waals surface area contributed by atoms with Crippen molar-refractivity contribution in [2.75, 3.05) is 19.7 Å². The van der Waals surface area contributed by atoms with Crippen LogP contribution < -0.4 is 5.32 Å². The Bertz CT molecular complexity index is 322. The van der Waals surface area contributed by atoms with Crippen LogP contribution in [0.15, 0.2) is 0 Å². The van der Waals surface area contributed by atoms with Gasteiger partial charge in [-0.1, -0.05) is 0 Å². The summed E-state index contributed by atoms with van der Waals surface area (Å²) in [7, 11) is 0. The maximum Gasteiger partial charge on any atom is 0.248 e. The van der Waals surface area contributed by atoms with Crippen LogP contribution in [0.1, 0.15) is 33.1 Å². The molecule has 96 valence electrons. The van der Waals surface area contributed by atoms with Crippen molar-refractivity contribution in [2.24, 2.45) is 0 Å². The fourth-order valence-electron chi connectivity index (χ4n) is 2.43. The van der Waals surface area contributed by atoms with E-state index in [1.807, 2.05) is 0 Å². The van der Waals surface area contributed by atoms with Gasteiger partial charge in [0.1, 0.15) is 5.54 Å². The summed E-state index contributed by atoms with van der Waals surface area (Å²) in [5, 5.41) is 2.70. The van der Waals surface area contributed by atoms with Crippen molar-refractivity contribution in [1.82, 2.24) is 10.2 Å². The summed E-state index contributed by atoms with van der Waals surface area (Å²) in [5.74, 6) is -0.114. The van der Waals surface area contributed by atoms with Gasteiger partial charge in [-0.25, -0.2) is 0 Å². The molecule has 2 heterocycles. The Hall–Kier alpha value is -1.10. The molecule has 2 rings (SSSR count). The van der Waals surface area contributed by atoms with E-state index in [1.165, 1.54) is 0 Å². The van der Waals surface area contributed by atoms with E-state index in [1.54, 1.807) is 18.7 Å². The molecule has 1 unspecified atom stereocenters. The molecule has 2 aliphatic heterocycles. The van der Waals surface area contributed by atoms with Crippen LogP contribution in [0.2, 0.25) is 0 Å². The maximum absolute atomic E-state index is 12.1. The van der Waals surface area contributed by atoms with Crippen molar-refractivity contribution >= 4 is 11.8 Å². The fourth-order valence-corrected chi connectivity index (χ4v) is 2.43. The van der Waals surface area contributed by atoms with Gasteiger partial charge < -0.3 is 15.0 Å². The van der Waals surface area contributed by atoms with Crippen molar-refractivity contribution in [2.45, 2.75) is 44.8 Å². The molecule has 1 N–H and O–H groups in total. The third-order valence-corrected chi connectivity index (χ3v) is 3.31. The molecule has 2 saturated heterocycles. The lowest BCUT2D eigenvalue weighted by molar-refractivity contribution is -0.150. The number of hydrogen-bond donors (Lipinski definition) is 1. The Morgan fingerprint density at radius 3 is 2.82 bits per heavy atom. The van der Waals surface area contributed by atoms with Crippen LogP contribution in [0.5, 0.6) is 0 Å². The Morgan fingerprint density at radius 1 is 1.41 bits per heavy atom. The average Bonchev–Trinajstić information content (AvgIpc) is 2.26. The van der Waals surface area contributed by atoms with Crippen molar-refractivity contribution in [3.8, 4) is 0 Å². The first-order chi connectivity index (χ1) is 7.99. The van der Waals surface area contributed by atoms with Gasteiger partial charge in [-0.3, -0.25) is 9.59 Å². The highest BCUT2D eigenvalue weighted by Crippen LogP contribution is 2.18. The van der Waals surface area contributed by atoms with Gasteiger partial charge in [-0.05, 0) is 33.1 Å². The van der Waals surface area contributed by atoms with E-state index in [0.717, 1.165) is 25.9 Å². The summed E-state index contributed by atoms with van der Waals surface area (Å²) in [6.45, 7) is 4.93. The van der Waals surface area contributed by atoms with Gasteiger partial charge in [0, 0.05) is 13.2 Å². The van der Waals surface area contributed by atoms with E-state index in [9.17, 15) is 9.59 Å². The van der Waals surface area contributed by atoms with Crippen molar-refractivity contribution in [3.63, 3.8) is 0 Å². The maximum atomic E-state index is 12.1. The molecule has 0 bridgehead atoms. The van der Waals surface area contributed by atoms with Crippen LogP contribution >= 0.6 is 0 Å². The van der Waals surface area contributed by atoms with Crippen LogP contribution in [0.4, 0.5) is 0 Å². The summed E-state index contributed by atoms with van der Waals surface area (Å²) in [5.41, 5.74) is -0.788. The van der Waals surface area contributed by atoms with Gasteiger partial charge in [0.15, 0.2) is 0 Å². The summed E-state index contributed by atoms with van der Waals surface area (Å²) in [4.78, 5) is 25.3. The van der Waals surface area contributed by atoms with Gasteiger partial charge in [0.25, 0.3) is 0 Å². The molecule has 0 radical (unpaired) electrons. The van der Waals surface area contributed by atoms with E-state index in [-0.39, 0.29) is 24.5 Å². The van der Waals surface area contributed by atoms with E-state index in [0.29, 0.717) is 6.54 Å². The molecule has 17 heavy (non-hydrogen) atoms. The van der Waals surface area contributed by atoms with E-state index >= 15 is 0 Å². The number of nitrogens with one attached hydrogen (secondary N) is 1. The van der Waals surface area contributed by atoms with Crippen LogP contribution in [0, 0.1) is 0 Å². The Kier molecular flexibility index (Phi) is 3.38. The SMILES string of the molecule is CC1(C)NC(=O)CN(CC2CCCCO2)C1=O. The quantitative estimate of drug-likeness (QED) is 0.755. The van der Waals surface area contributed by atoms with Crippen molar-refractivity contribution in [1.29, 1.82) is 0 Å². The van der Waals surface area contributed by atoms with Crippen LogP contribution in [0.3, 0.4) is 0 Å². The largest absolute Gasteiger partial charge is 0.376 e. The molecular weight excluding hydrogens is 220 g/mol. The van der Waals surface area contributed by atoms with Crippen LogP contribution in [0.25, 0.3) is 0 Å². The second-order valence-corrected chi connectivity index (χ2v) is 5.35. The fraction of sp³-hybridized carbons (Fsp3) is 0.833. The molecule has 0 aromatic heterocycles. The van der Waals surface area contributed by atoms with Crippen molar-refractivity contribution in [3.05, 3.63) is 0 Å². The highest BCUT2D eigenvalue weighted by Gasteiger charge is 2.39. The first-order valence-electron chi connectivity index (χ1n) is 6.21. The first-order valence-corrected chi connectivity index (χ1v) is 6.21. The van der Waals surface area contributed by atoms with E-state index in [4.69, 9.17) is 4.74 Å². The minimum absolute atomic E-state index is 0.0220. The second-order valence-electron chi connectivity index (χ2n) is 5.35. The lowest BCUT2D eigenvalue weighted by atomic mass is 9.99. The molecule has 2 amide bonds. The molecule has 0 aliphatic carbocycles. The number of amides is 2. The van der Waals surface area contributed by atoms with Gasteiger partial charge in [-0.2, -0.15) is 0 Å². The second kappa shape index (κ2) is 4.64. The molecule has 2 fully saturated rings. The van der Waals surface area contributed by atoms with Gasteiger partial charge in [-0.15, -0.1) is 0 Å². The monoisotopic (exact) mass is 240 g/mol. The number of ether oxygens (including phenoxy) is 1. The molecule has 0 aromatic carbocycles. The zero-order chi connectivity index (χ0) is 12.5. The van der Waals surface area contributed by atoms with E-state index in [2.05, 4.69) is 5.32 Å². The highest BCUT2D eigenvalue weighted by atomic mass is 16.5. The summed E-state index contributed by atoms with van der Waals surface area (Å²) in [6, 6.07) is 0. The third-order valence-electron chi connectivity index (χ3n) is 3.31. The smallest absolute Gasteiger partial charge is 0.248 e. The Balaban J connectivity index is 1.98. The molecule has 2 aliphatic rings. The van der Waals surface area contributed by atoms with Crippen LogP contribution in [-0.2, 0) is 14.3 Å². The average molecular weight is 240 g/mol. The first kappa shape index (κ1) is 12.4. The predicted molar refractivity (Wildman–Crippen MR) is 62.4 cm³/mol. The summed E-state index contributed by atoms with van der Waals surface area (Å²) in [6.07, 6.45) is 3.30. The number of rotatable bonds is 2. The molecule has 0 aromatic rings. The zero-order valence-electron chi connectivity index (χ0n) is 10.5. The van der Waals surface area contributed by atoms with Crippen LogP contribution in [-0.4, -0.2) is 48.1 Å². The highest BCUT2D eigenvalue weighted by molar-refractivity contribution is 5.97. The molecule has 0 saturated carbocycles. The Labute approximate surface area is 101 Å². The number of carbonyl (C=O) groups is 2. The summed E-state index contributed by atoms with van der Waals surface area (Å²) < 4.78 is 5.61. The predicted octanol–water partition coefficient (Wildman–Crippen LogP) is 0.292. The van der Waals surface area contributed by atoms with Gasteiger partial charge >= 0.3 is 0 Å². The standard InChI is InChI=1S/C12H20N2O3/c1-12(2)11(16)14(8-10(15)13-12)7-9-5-3-4-6-17-9/h9H,3-8H2,1-2H3,(H,13,15). The third kappa shape index (κ3) is 2.77. The molecule has 5 heteroatoms. The van der Waals surface area contributed by atoms with E-state index < -0.39 is 5.54 Å². The van der Waals surface area contributed by atoms with Crippen molar-refractivity contribution < 1.29 is 14.3 Å². The lowest BCUT2D eigenvalue weighted by Crippen LogP contribution is -2.64. The number of piperazine rings is 1. The summed E-state index contributed by atoms with van der Waals surface area (Å²) >= 11 is 0. The molecule has 5 nitrogen and oxygen atoms in total. The topological polar surface area (TPSA) is 58.6 Å². The number of nitrogens with zero attached hydrogens (tertiary/aromatic N) is 1. The minimum Gasteiger partial charge on any atom is -0.376 e. The molecule has 0 spiro atoms. The molecular formula is C12H20N2O3. The number of carbonyl (C=O) groups excluding carboxylic acids is 2. The lowest BCUT2D eigenvalue weighted by Gasteiger charge is -2.39. The van der Waals surface area contributed by atoms with Gasteiger partial charge in [0.2, 0.25) is 11.8 Å².